The van der Waals surface area contributed by atoms with E-state index < -0.39 is 50.5 Å². The molecule has 22 nitrogen and oxygen atoms in total. The van der Waals surface area contributed by atoms with Crippen LogP contribution < -0.4 is 24.8 Å². The van der Waals surface area contributed by atoms with Gasteiger partial charge in [-0.05, 0) is 134 Å². The maximum Gasteiger partial charge on any atom is 0.412 e. The summed E-state index contributed by atoms with van der Waals surface area (Å²) < 4.78 is 88.8. The average Bonchev–Trinajstić information content (AvgIpc) is 1.51. The minimum atomic E-state index is -3.69. The summed E-state index contributed by atoms with van der Waals surface area (Å²) in [6.07, 6.45) is 3.18. The number of carbonyl (C=O) groups excluding carboxylic acids is 1. The predicted molar refractivity (Wildman–Crippen MR) is 313 cm³/mol. The van der Waals surface area contributed by atoms with Crippen LogP contribution in [0.4, 0.5) is 37.0 Å². The molecular formula is C61H82FN9O13S. The molecule has 0 radical (unpaired) electrons. The van der Waals surface area contributed by atoms with Gasteiger partial charge in [0.1, 0.15) is 41.2 Å². The monoisotopic (exact) mass is 1200 g/mol. The number of amides is 2. The molecule has 2 spiro atoms. The van der Waals surface area contributed by atoms with Gasteiger partial charge in [-0.15, -0.1) is 0 Å². The molecule has 6 atom stereocenters. The molecule has 0 bridgehead atoms. The molecule has 10 heterocycles. The number of carbonyl (C=O) groups is 2. The fourth-order valence-electron chi connectivity index (χ4n) is 13.4. The number of hydrogen-bond donors (Lipinski definition) is 2. The van der Waals surface area contributed by atoms with Crippen molar-refractivity contribution in [1.82, 2.24) is 24.8 Å². The molecule has 4 aromatic rings. The summed E-state index contributed by atoms with van der Waals surface area (Å²) in [6, 6.07) is 11.7. The van der Waals surface area contributed by atoms with Gasteiger partial charge < -0.3 is 52.8 Å². The van der Waals surface area contributed by atoms with Crippen molar-refractivity contribution in [2.24, 2.45) is 0 Å². The van der Waals surface area contributed by atoms with E-state index in [1.165, 1.54) is 4.90 Å². The van der Waals surface area contributed by atoms with E-state index in [1.807, 2.05) is 90.6 Å². The Hall–Kier alpha value is -5.86. The molecule has 8 aliphatic heterocycles. The zero-order valence-electron chi connectivity index (χ0n) is 50.5. The second kappa shape index (κ2) is 23.7. The summed E-state index contributed by atoms with van der Waals surface area (Å²) in [7, 11) is -3.69. The Balaban J connectivity index is 0.000000180. The second-order valence-corrected chi connectivity index (χ2v) is 27.8. The Kier molecular flexibility index (Phi) is 16.9. The molecule has 8 aliphatic rings. The summed E-state index contributed by atoms with van der Waals surface area (Å²) >= 11 is 0. The van der Waals surface area contributed by atoms with E-state index in [4.69, 9.17) is 47.9 Å². The van der Waals surface area contributed by atoms with Crippen LogP contribution in [-0.4, -0.2) is 165 Å². The number of nitrogens with one attached hydrogen (secondary N) is 1. The Labute approximate surface area is 497 Å². The molecule has 0 aliphatic carbocycles. The van der Waals surface area contributed by atoms with Crippen molar-refractivity contribution in [1.29, 1.82) is 0 Å². The third kappa shape index (κ3) is 12.7. The number of sulfone groups is 1. The van der Waals surface area contributed by atoms with Gasteiger partial charge in [0, 0.05) is 99.5 Å². The number of benzene rings is 2. The summed E-state index contributed by atoms with van der Waals surface area (Å²) in [5.74, 6) is 1.37. The van der Waals surface area contributed by atoms with Crippen molar-refractivity contribution in [3.8, 4) is 6.01 Å². The number of rotatable bonds is 8. The van der Waals surface area contributed by atoms with Gasteiger partial charge in [0.25, 0.3) is 0 Å². The van der Waals surface area contributed by atoms with Crippen LogP contribution in [0.15, 0.2) is 41.6 Å². The first-order valence-corrected chi connectivity index (χ1v) is 31.7. The van der Waals surface area contributed by atoms with Crippen LogP contribution >= 0.6 is 0 Å². The van der Waals surface area contributed by atoms with Crippen molar-refractivity contribution in [3.05, 3.63) is 81.2 Å². The van der Waals surface area contributed by atoms with Gasteiger partial charge >= 0.3 is 18.2 Å². The first-order valence-electron chi connectivity index (χ1n) is 29.8. The van der Waals surface area contributed by atoms with Gasteiger partial charge in [0.05, 0.1) is 68.8 Å². The molecule has 0 saturated carbocycles. The van der Waals surface area contributed by atoms with E-state index in [0.29, 0.717) is 114 Å². The normalized spacial score (nSPS) is 26.8. The van der Waals surface area contributed by atoms with E-state index >= 15 is 0 Å². The fraction of sp³-hybridized carbons (Fsp3) is 0.639. The maximum absolute atomic E-state index is 14.5. The smallest absolute Gasteiger partial charge is 0.412 e. The van der Waals surface area contributed by atoms with Crippen molar-refractivity contribution in [2.45, 2.75) is 165 Å². The SMILES string of the molecule is C[C@@H]1OC[C@]2(Cc3nc(OC[C@@]45CCCN4C[C@H](F)C5)nc(N4CCCOCC4)c3CO2)c2cc(NC(=O)OC(C)(C)C)ccc21.C[C@@H]1OC[C@]2(Cc3nc(S(C)(=O)=O)nc(N4CCCOCC4)c3CO2)c2cc(N(C(=O)O)C(C)(C)C)ccc21. The topological polar surface area (TPSA) is 239 Å². The van der Waals surface area contributed by atoms with Crippen LogP contribution in [0, 0.1) is 0 Å². The zero-order valence-corrected chi connectivity index (χ0v) is 51.3. The highest BCUT2D eigenvalue weighted by atomic mass is 32.2. The first-order chi connectivity index (χ1) is 40.3. The van der Waals surface area contributed by atoms with Crippen LogP contribution in [0.25, 0.3) is 0 Å². The van der Waals surface area contributed by atoms with Crippen LogP contribution in [0.5, 0.6) is 6.01 Å². The summed E-state index contributed by atoms with van der Waals surface area (Å²) in [4.78, 5) is 51.7. The highest BCUT2D eigenvalue weighted by Gasteiger charge is 2.51. The molecule has 462 valence electrons. The molecule has 85 heavy (non-hydrogen) atoms. The Morgan fingerprint density at radius 3 is 1.95 bits per heavy atom. The summed E-state index contributed by atoms with van der Waals surface area (Å²) in [5.41, 5.74) is 4.59. The number of alkyl halides is 1. The summed E-state index contributed by atoms with van der Waals surface area (Å²) in [5, 5.41) is 12.7. The van der Waals surface area contributed by atoms with Gasteiger partial charge in [-0.2, -0.15) is 9.97 Å². The van der Waals surface area contributed by atoms with E-state index in [2.05, 4.69) is 25.1 Å². The van der Waals surface area contributed by atoms with E-state index in [9.17, 15) is 27.5 Å². The van der Waals surface area contributed by atoms with Crippen LogP contribution in [-0.2, 0) is 80.3 Å². The third-order valence-corrected chi connectivity index (χ3v) is 18.3. The number of fused-ring (bicyclic) bond motifs is 7. The molecule has 4 saturated heterocycles. The zero-order chi connectivity index (χ0) is 60.3. The number of hydrogen-bond acceptors (Lipinski definition) is 19. The lowest BCUT2D eigenvalue weighted by atomic mass is 9.80. The standard InChI is InChI=1S/C34H46FN5O6.C27H36N4O7S/c1-22-25-8-7-24(36-31(41)46-32(2,3)4)15-27(25)34(21-43-22)17-28-26(19-45-34)29(39-10-6-13-42-14-12-39)38-30(37-28)44-20-33-9-5-11-40(33)18-23(35)16-33;1-17-19-8-7-18(31(25(32)33)26(2,3)4)13-21(19)27(16-37-17)14-22-20(15-38-27)23(29-24(28-22)39(5,34)35)30-9-6-11-36-12-10-30/h7-8,15,22-23H,5-6,9-14,16-21H2,1-4H3,(H,36,41);7-8,13,17H,6,9-12,14-16H2,1-5H3,(H,32,33)/t22-,23+,33-,34+;17-,27+/m00/s1. The number of halogens is 1. The number of carboxylic acid groups (broad SMARTS) is 1. The van der Waals surface area contributed by atoms with Gasteiger partial charge in [0.15, 0.2) is 0 Å². The van der Waals surface area contributed by atoms with E-state index in [0.717, 1.165) is 89.9 Å². The van der Waals surface area contributed by atoms with Gasteiger partial charge in [-0.1, -0.05) is 12.1 Å². The molecular weight excluding hydrogens is 1120 g/mol. The van der Waals surface area contributed by atoms with E-state index in [1.54, 1.807) is 6.07 Å². The number of nitrogens with zero attached hydrogens (tertiary/aromatic N) is 8. The quantitative estimate of drug-likeness (QED) is 0.157. The Morgan fingerprint density at radius 1 is 0.776 bits per heavy atom. The van der Waals surface area contributed by atoms with Crippen LogP contribution in [0.3, 0.4) is 0 Å². The molecule has 12 rings (SSSR count). The molecule has 2 amide bonds. The maximum atomic E-state index is 14.5. The minimum Gasteiger partial charge on any atom is -0.465 e. The van der Waals surface area contributed by atoms with Gasteiger partial charge in [-0.3, -0.25) is 15.1 Å². The second-order valence-electron chi connectivity index (χ2n) is 25.9. The lowest BCUT2D eigenvalue weighted by molar-refractivity contribution is -0.148. The minimum absolute atomic E-state index is 0.141. The number of ether oxygens (including phenoxy) is 8. The average molecular weight is 1200 g/mol. The van der Waals surface area contributed by atoms with Crippen molar-refractivity contribution < 1.29 is 65.4 Å². The molecule has 0 unspecified atom stereocenters. The Bertz CT molecular complexity index is 3280. The lowest BCUT2D eigenvalue weighted by Crippen LogP contribution is -2.47. The fourth-order valence-corrected chi connectivity index (χ4v) is 13.9. The number of aromatic nitrogens is 4. The molecule has 4 fully saturated rings. The first kappa shape index (κ1) is 60.8. The highest BCUT2D eigenvalue weighted by Crippen LogP contribution is 2.49. The van der Waals surface area contributed by atoms with Crippen molar-refractivity contribution in [3.63, 3.8) is 0 Å². The van der Waals surface area contributed by atoms with Gasteiger partial charge in [-0.25, -0.2) is 32.4 Å². The van der Waals surface area contributed by atoms with Crippen molar-refractivity contribution in [2.75, 3.05) is 112 Å². The van der Waals surface area contributed by atoms with Crippen molar-refractivity contribution >= 4 is 45.0 Å². The molecule has 2 N–H and O–H groups in total. The highest BCUT2D eigenvalue weighted by molar-refractivity contribution is 7.90. The van der Waals surface area contributed by atoms with Gasteiger partial charge in [0.2, 0.25) is 15.0 Å². The largest absolute Gasteiger partial charge is 0.465 e. The number of anilines is 4. The summed E-state index contributed by atoms with van der Waals surface area (Å²) in [6.45, 7) is 23.0. The molecule has 2 aromatic heterocycles. The molecule has 24 heteroatoms. The predicted octanol–water partition coefficient (Wildman–Crippen LogP) is 8.51. The Morgan fingerprint density at radius 2 is 1.36 bits per heavy atom. The van der Waals surface area contributed by atoms with Crippen LogP contribution in [0.1, 0.15) is 144 Å². The van der Waals surface area contributed by atoms with E-state index in [-0.39, 0.29) is 42.5 Å². The third-order valence-electron chi connectivity index (χ3n) is 17.4. The lowest BCUT2D eigenvalue weighted by Gasteiger charge is -2.44. The molecule has 2 aromatic carbocycles. The van der Waals surface area contributed by atoms with Crippen LogP contribution in [0.2, 0.25) is 0 Å².